The number of hydrogen-bond donors (Lipinski definition) is 0. The van der Waals surface area contributed by atoms with Gasteiger partial charge < -0.3 is 9.47 Å². The minimum Gasteiger partial charge on any atom is -0.325 e. The second kappa shape index (κ2) is 5.84. The van der Waals surface area contributed by atoms with E-state index in [-0.39, 0.29) is 12.3 Å². The van der Waals surface area contributed by atoms with Gasteiger partial charge in [0.2, 0.25) is 5.91 Å². The van der Waals surface area contributed by atoms with Crippen molar-refractivity contribution in [2.45, 2.75) is 56.0 Å². The van der Waals surface area contributed by atoms with Crippen LogP contribution in [0.2, 0.25) is 0 Å². The number of rotatable bonds is 5. The van der Waals surface area contributed by atoms with Crippen molar-refractivity contribution in [1.29, 1.82) is 0 Å². The molecule has 1 amide bonds. The van der Waals surface area contributed by atoms with E-state index in [0.717, 1.165) is 24.9 Å². The molecule has 5 nitrogen and oxygen atoms in total. The summed E-state index contributed by atoms with van der Waals surface area (Å²) in [6, 6.07) is 8.82. The second-order valence-corrected chi connectivity index (χ2v) is 8.24. The Morgan fingerprint density at radius 2 is 1.93 bits per heavy atom. The molecule has 1 atom stereocenters. The number of likely N-dealkylation sites (tertiary alicyclic amines) is 1. The van der Waals surface area contributed by atoms with Crippen LogP contribution in [0.5, 0.6) is 0 Å². The Morgan fingerprint density at radius 1 is 1.19 bits per heavy atom. The molecule has 1 aromatic carbocycles. The van der Waals surface area contributed by atoms with Gasteiger partial charge in [0, 0.05) is 13.0 Å². The number of halogens is 2. The van der Waals surface area contributed by atoms with Crippen LogP contribution in [0.25, 0.3) is 0 Å². The van der Waals surface area contributed by atoms with Crippen molar-refractivity contribution in [2.24, 2.45) is 5.92 Å². The molecule has 0 bridgehead atoms. The first-order chi connectivity index (χ1) is 13.0. The van der Waals surface area contributed by atoms with E-state index in [1.807, 2.05) is 34.9 Å². The van der Waals surface area contributed by atoms with E-state index in [1.165, 1.54) is 4.90 Å². The summed E-state index contributed by atoms with van der Waals surface area (Å²) in [5.41, 5.74) is 0.268. The molecule has 142 valence electrons. The Hall–Kier alpha value is -2.31. The van der Waals surface area contributed by atoms with Crippen molar-refractivity contribution < 1.29 is 13.6 Å². The highest BCUT2D eigenvalue weighted by atomic mass is 19.3. The molecule has 1 aliphatic heterocycles. The van der Waals surface area contributed by atoms with Gasteiger partial charge in [-0.15, -0.1) is 10.2 Å². The van der Waals surface area contributed by atoms with E-state index in [9.17, 15) is 13.6 Å². The molecule has 27 heavy (non-hydrogen) atoms. The normalized spacial score (nSPS) is 25.6. The van der Waals surface area contributed by atoms with E-state index in [0.29, 0.717) is 24.6 Å². The Kier molecular flexibility index (Phi) is 3.64. The molecule has 2 saturated carbocycles. The molecule has 2 aliphatic carbocycles. The van der Waals surface area contributed by atoms with E-state index >= 15 is 0 Å². The summed E-state index contributed by atoms with van der Waals surface area (Å²) in [4.78, 5) is 14.8. The summed E-state index contributed by atoms with van der Waals surface area (Å²) < 4.78 is 30.6. The van der Waals surface area contributed by atoms with Crippen LogP contribution in [0.3, 0.4) is 0 Å². The molecule has 3 aliphatic rings. The van der Waals surface area contributed by atoms with Gasteiger partial charge in [-0.2, -0.15) is 0 Å². The van der Waals surface area contributed by atoms with Gasteiger partial charge in [-0.05, 0) is 37.2 Å². The summed E-state index contributed by atoms with van der Waals surface area (Å²) in [6.07, 6.45) is 4.94. The number of nitrogens with zero attached hydrogens (tertiary/aromatic N) is 4. The smallest absolute Gasteiger partial charge is 0.267 e. The van der Waals surface area contributed by atoms with Crippen LogP contribution in [-0.4, -0.2) is 38.0 Å². The SMILES string of the molecule is O=C(N1CC(F)(F)C[C@H]1c1nncn1CC1CC1)C1(c2ccccc2)CC1. The van der Waals surface area contributed by atoms with Crippen molar-refractivity contribution in [2.75, 3.05) is 6.54 Å². The molecule has 1 saturated heterocycles. The minimum atomic E-state index is -2.90. The average molecular weight is 372 g/mol. The third-order valence-corrected chi connectivity index (χ3v) is 6.11. The van der Waals surface area contributed by atoms with Crippen molar-refractivity contribution in [1.82, 2.24) is 19.7 Å². The van der Waals surface area contributed by atoms with Gasteiger partial charge >= 0.3 is 0 Å². The van der Waals surface area contributed by atoms with Crippen molar-refractivity contribution in [3.05, 3.63) is 48.0 Å². The van der Waals surface area contributed by atoms with Crippen molar-refractivity contribution in [3.63, 3.8) is 0 Å². The van der Waals surface area contributed by atoms with Gasteiger partial charge in [0.05, 0.1) is 18.0 Å². The van der Waals surface area contributed by atoms with Gasteiger partial charge in [0.15, 0.2) is 5.82 Å². The average Bonchev–Trinajstić information content (AvgIpc) is 3.56. The highest BCUT2D eigenvalue weighted by molar-refractivity contribution is 5.92. The molecular formula is C20H22F2N4O. The highest BCUT2D eigenvalue weighted by Gasteiger charge is 2.58. The first-order valence-electron chi connectivity index (χ1n) is 9.61. The number of alkyl halides is 2. The maximum absolute atomic E-state index is 14.4. The predicted molar refractivity (Wildman–Crippen MR) is 94.1 cm³/mol. The molecule has 0 radical (unpaired) electrons. The summed E-state index contributed by atoms with van der Waals surface area (Å²) in [6.45, 7) is 0.206. The maximum Gasteiger partial charge on any atom is 0.267 e. The van der Waals surface area contributed by atoms with Crippen LogP contribution >= 0.6 is 0 Å². The zero-order chi connectivity index (χ0) is 18.6. The van der Waals surface area contributed by atoms with E-state index in [4.69, 9.17) is 0 Å². The summed E-state index contributed by atoms with van der Waals surface area (Å²) >= 11 is 0. The van der Waals surface area contributed by atoms with Crippen molar-refractivity contribution >= 4 is 5.91 Å². The van der Waals surface area contributed by atoms with Gasteiger partial charge in [-0.1, -0.05) is 30.3 Å². The van der Waals surface area contributed by atoms with Crippen LogP contribution in [0, 0.1) is 5.92 Å². The molecule has 3 fully saturated rings. The first-order valence-corrected chi connectivity index (χ1v) is 9.61. The number of carbonyl (C=O) groups is 1. The fourth-order valence-electron chi connectivity index (χ4n) is 4.29. The quantitative estimate of drug-likeness (QED) is 0.809. The van der Waals surface area contributed by atoms with E-state index < -0.39 is 23.9 Å². The Balaban J connectivity index is 1.47. The van der Waals surface area contributed by atoms with Crippen LogP contribution in [-0.2, 0) is 16.8 Å². The number of amides is 1. The molecule has 2 aromatic rings. The fourth-order valence-corrected chi connectivity index (χ4v) is 4.29. The predicted octanol–water partition coefficient (Wildman–Crippen LogP) is 3.33. The Labute approximate surface area is 156 Å². The third kappa shape index (κ3) is 2.93. The minimum absolute atomic E-state index is 0.197. The zero-order valence-electron chi connectivity index (χ0n) is 15.0. The van der Waals surface area contributed by atoms with Crippen LogP contribution < -0.4 is 0 Å². The van der Waals surface area contributed by atoms with Crippen LogP contribution in [0.4, 0.5) is 8.78 Å². The summed E-state index contributed by atoms with van der Waals surface area (Å²) in [7, 11) is 0. The standard InChI is InChI=1S/C20H22F2N4O/c21-20(22)10-16(17-24-23-13-25(17)11-14-6-7-14)26(12-20)18(27)19(8-9-19)15-4-2-1-3-5-15/h1-5,13-14,16H,6-12H2/t16-/m0/s1. The number of hydrogen-bond acceptors (Lipinski definition) is 3. The van der Waals surface area contributed by atoms with E-state index in [2.05, 4.69) is 10.2 Å². The van der Waals surface area contributed by atoms with Gasteiger partial charge in [0.1, 0.15) is 6.33 Å². The number of aromatic nitrogens is 3. The fraction of sp³-hybridized carbons (Fsp3) is 0.550. The summed E-state index contributed by atoms with van der Waals surface area (Å²) in [5.74, 6) is -2.03. The molecule has 1 aromatic heterocycles. The lowest BCUT2D eigenvalue weighted by molar-refractivity contribution is -0.136. The van der Waals surface area contributed by atoms with Gasteiger partial charge in [0.25, 0.3) is 5.92 Å². The Bertz CT molecular complexity index is 858. The monoisotopic (exact) mass is 372 g/mol. The van der Waals surface area contributed by atoms with Gasteiger partial charge in [-0.3, -0.25) is 4.79 Å². The maximum atomic E-state index is 14.4. The molecule has 0 spiro atoms. The van der Waals surface area contributed by atoms with Gasteiger partial charge in [-0.25, -0.2) is 8.78 Å². The van der Waals surface area contributed by atoms with Crippen LogP contribution in [0.15, 0.2) is 36.7 Å². The molecule has 0 unspecified atom stereocenters. The molecule has 7 heteroatoms. The highest BCUT2D eigenvalue weighted by Crippen LogP contribution is 2.52. The van der Waals surface area contributed by atoms with E-state index in [1.54, 1.807) is 6.33 Å². The largest absolute Gasteiger partial charge is 0.325 e. The lowest BCUT2D eigenvalue weighted by atomic mass is 9.94. The Morgan fingerprint density at radius 3 is 2.59 bits per heavy atom. The van der Waals surface area contributed by atoms with Crippen LogP contribution in [0.1, 0.15) is 49.5 Å². The number of benzene rings is 1. The summed E-state index contributed by atoms with van der Waals surface area (Å²) in [5, 5.41) is 8.09. The number of carbonyl (C=O) groups excluding carboxylic acids is 1. The second-order valence-electron chi connectivity index (χ2n) is 8.24. The molecule has 2 heterocycles. The first kappa shape index (κ1) is 16.8. The zero-order valence-corrected chi connectivity index (χ0v) is 15.0. The topological polar surface area (TPSA) is 51.0 Å². The molecule has 0 N–H and O–H groups in total. The van der Waals surface area contributed by atoms with Crippen molar-refractivity contribution in [3.8, 4) is 0 Å². The lowest BCUT2D eigenvalue weighted by Crippen LogP contribution is -2.41. The molecular weight excluding hydrogens is 350 g/mol. The lowest BCUT2D eigenvalue weighted by Gasteiger charge is -2.28. The third-order valence-electron chi connectivity index (χ3n) is 6.11. The molecule has 5 rings (SSSR count).